The number of carbonyl (C=O) groups is 3. The van der Waals surface area contributed by atoms with E-state index in [2.05, 4.69) is 5.32 Å². The SMILES string of the molecule is CCOC(=O)N[C@H]1CCCN(C(=O)c2ccc(Cl)c(N3CCCC3=O)c2)C1. The monoisotopic (exact) mass is 393 g/mol. The molecule has 1 atom stereocenters. The smallest absolute Gasteiger partial charge is 0.407 e. The van der Waals surface area contributed by atoms with Crippen LogP contribution in [0.1, 0.15) is 43.0 Å². The number of nitrogens with one attached hydrogen (secondary N) is 1. The summed E-state index contributed by atoms with van der Waals surface area (Å²) in [7, 11) is 0. The van der Waals surface area contributed by atoms with Gasteiger partial charge in [0.25, 0.3) is 5.91 Å². The van der Waals surface area contributed by atoms with Crippen molar-refractivity contribution in [2.45, 2.75) is 38.6 Å². The molecule has 8 heteroatoms. The Morgan fingerprint density at radius 1 is 1.30 bits per heavy atom. The van der Waals surface area contributed by atoms with Gasteiger partial charge in [-0.05, 0) is 44.4 Å². The summed E-state index contributed by atoms with van der Waals surface area (Å²) in [6.45, 7) is 3.73. The van der Waals surface area contributed by atoms with E-state index in [-0.39, 0.29) is 17.9 Å². The lowest BCUT2D eigenvalue weighted by Crippen LogP contribution is -2.49. The largest absolute Gasteiger partial charge is 0.450 e. The van der Waals surface area contributed by atoms with E-state index in [0.717, 1.165) is 19.3 Å². The van der Waals surface area contributed by atoms with Crippen LogP contribution in [0.25, 0.3) is 0 Å². The van der Waals surface area contributed by atoms with E-state index in [1.54, 1.807) is 34.9 Å². The van der Waals surface area contributed by atoms with Crippen LogP contribution in [0.5, 0.6) is 0 Å². The van der Waals surface area contributed by atoms with Gasteiger partial charge in [0, 0.05) is 37.7 Å². The van der Waals surface area contributed by atoms with E-state index < -0.39 is 6.09 Å². The molecular formula is C19H24ClN3O4. The number of amides is 3. The van der Waals surface area contributed by atoms with E-state index in [1.807, 2.05) is 0 Å². The van der Waals surface area contributed by atoms with Gasteiger partial charge in [-0.2, -0.15) is 0 Å². The molecule has 1 N–H and O–H groups in total. The first-order valence-electron chi connectivity index (χ1n) is 9.32. The summed E-state index contributed by atoms with van der Waals surface area (Å²) in [6, 6.07) is 4.90. The molecule has 2 saturated heterocycles. The van der Waals surface area contributed by atoms with Crippen molar-refractivity contribution in [3.05, 3.63) is 28.8 Å². The predicted octanol–water partition coefficient (Wildman–Crippen LogP) is 2.82. The number of alkyl carbamates (subject to hydrolysis) is 1. The minimum atomic E-state index is -0.460. The molecule has 3 rings (SSSR count). The number of benzene rings is 1. The molecule has 3 amide bonds. The molecule has 2 aliphatic rings. The zero-order valence-electron chi connectivity index (χ0n) is 15.4. The molecule has 2 fully saturated rings. The van der Waals surface area contributed by atoms with Crippen LogP contribution in [-0.2, 0) is 9.53 Å². The van der Waals surface area contributed by atoms with Crippen molar-refractivity contribution in [3.8, 4) is 0 Å². The summed E-state index contributed by atoms with van der Waals surface area (Å²) in [4.78, 5) is 40.0. The fourth-order valence-electron chi connectivity index (χ4n) is 3.56. The van der Waals surface area contributed by atoms with E-state index in [1.165, 1.54) is 0 Å². The van der Waals surface area contributed by atoms with E-state index in [9.17, 15) is 14.4 Å². The van der Waals surface area contributed by atoms with Crippen LogP contribution in [0, 0.1) is 0 Å². The third-order valence-electron chi connectivity index (χ3n) is 4.86. The van der Waals surface area contributed by atoms with Crippen molar-refractivity contribution >= 4 is 35.2 Å². The minimum Gasteiger partial charge on any atom is -0.450 e. The summed E-state index contributed by atoms with van der Waals surface area (Å²) in [6.07, 6.45) is 2.44. The zero-order chi connectivity index (χ0) is 19.4. The van der Waals surface area contributed by atoms with Crippen molar-refractivity contribution in [1.82, 2.24) is 10.2 Å². The van der Waals surface area contributed by atoms with Crippen molar-refractivity contribution < 1.29 is 19.1 Å². The highest BCUT2D eigenvalue weighted by molar-refractivity contribution is 6.34. The molecule has 146 valence electrons. The number of carbonyl (C=O) groups excluding carboxylic acids is 3. The Kier molecular flexibility index (Phi) is 6.21. The van der Waals surface area contributed by atoms with Crippen LogP contribution < -0.4 is 10.2 Å². The first-order valence-corrected chi connectivity index (χ1v) is 9.70. The summed E-state index contributed by atoms with van der Waals surface area (Å²) in [5.74, 6) is -0.104. The molecule has 2 heterocycles. The lowest BCUT2D eigenvalue weighted by atomic mass is 10.0. The molecule has 27 heavy (non-hydrogen) atoms. The van der Waals surface area contributed by atoms with Gasteiger partial charge in [0.15, 0.2) is 0 Å². The van der Waals surface area contributed by atoms with Crippen LogP contribution in [0.15, 0.2) is 18.2 Å². The van der Waals surface area contributed by atoms with Crippen molar-refractivity contribution in [2.24, 2.45) is 0 Å². The fourth-order valence-corrected chi connectivity index (χ4v) is 3.78. The van der Waals surface area contributed by atoms with Crippen LogP contribution >= 0.6 is 11.6 Å². The molecule has 0 saturated carbocycles. The number of hydrogen-bond acceptors (Lipinski definition) is 4. The number of ether oxygens (including phenoxy) is 1. The second kappa shape index (κ2) is 8.61. The fraction of sp³-hybridized carbons (Fsp3) is 0.526. The lowest BCUT2D eigenvalue weighted by Gasteiger charge is -2.33. The van der Waals surface area contributed by atoms with Gasteiger partial charge in [-0.1, -0.05) is 11.6 Å². The number of halogens is 1. The molecule has 0 spiro atoms. The predicted molar refractivity (Wildman–Crippen MR) is 102 cm³/mol. The van der Waals surface area contributed by atoms with Gasteiger partial charge >= 0.3 is 6.09 Å². The zero-order valence-corrected chi connectivity index (χ0v) is 16.1. The van der Waals surface area contributed by atoms with Gasteiger partial charge in [-0.3, -0.25) is 9.59 Å². The molecule has 1 aromatic carbocycles. The number of piperidine rings is 1. The molecule has 7 nitrogen and oxygen atoms in total. The second-order valence-corrected chi connectivity index (χ2v) is 7.18. The quantitative estimate of drug-likeness (QED) is 0.853. The maximum absolute atomic E-state index is 13.0. The van der Waals surface area contributed by atoms with Gasteiger partial charge in [0.2, 0.25) is 5.91 Å². The standard InChI is InChI=1S/C19H24ClN3O4/c1-2-27-19(26)21-14-5-3-9-22(12-14)18(25)13-7-8-15(20)16(11-13)23-10-4-6-17(23)24/h7-8,11,14H,2-6,9-10,12H2,1H3,(H,21,26)/t14-/m0/s1. The summed E-state index contributed by atoms with van der Waals surface area (Å²) in [5.41, 5.74) is 1.08. The molecule has 0 aliphatic carbocycles. The van der Waals surface area contributed by atoms with Gasteiger partial charge in [-0.25, -0.2) is 4.79 Å². The number of rotatable bonds is 4. The Bertz CT molecular complexity index is 740. The van der Waals surface area contributed by atoms with Gasteiger partial charge in [0.05, 0.1) is 17.3 Å². The van der Waals surface area contributed by atoms with Gasteiger partial charge < -0.3 is 19.9 Å². The second-order valence-electron chi connectivity index (χ2n) is 6.77. The molecule has 1 aromatic rings. The van der Waals surface area contributed by atoms with Crippen LogP contribution in [-0.4, -0.2) is 55.1 Å². The van der Waals surface area contributed by atoms with Gasteiger partial charge in [0.1, 0.15) is 0 Å². The maximum Gasteiger partial charge on any atom is 0.407 e. The van der Waals surface area contributed by atoms with Crippen molar-refractivity contribution in [3.63, 3.8) is 0 Å². The highest BCUT2D eigenvalue weighted by atomic mass is 35.5. The molecule has 2 aliphatic heterocycles. The maximum atomic E-state index is 13.0. The van der Waals surface area contributed by atoms with Crippen molar-refractivity contribution in [2.75, 3.05) is 31.1 Å². The highest BCUT2D eigenvalue weighted by Gasteiger charge is 2.28. The van der Waals surface area contributed by atoms with Crippen LogP contribution in [0.2, 0.25) is 5.02 Å². The normalized spacial score (nSPS) is 19.9. The molecule has 0 radical (unpaired) electrons. The third-order valence-corrected chi connectivity index (χ3v) is 5.18. The number of nitrogens with zero attached hydrogens (tertiary/aromatic N) is 2. The van der Waals surface area contributed by atoms with E-state index in [0.29, 0.717) is 48.9 Å². The van der Waals surface area contributed by atoms with Crippen molar-refractivity contribution in [1.29, 1.82) is 0 Å². The minimum absolute atomic E-state index is 0.0261. The van der Waals surface area contributed by atoms with E-state index >= 15 is 0 Å². The molecule has 0 aromatic heterocycles. The highest BCUT2D eigenvalue weighted by Crippen LogP contribution is 2.31. The molecule has 0 unspecified atom stereocenters. The van der Waals surface area contributed by atoms with E-state index in [4.69, 9.17) is 16.3 Å². The van der Waals surface area contributed by atoms with Crippen LogP contribution in [0.3, 0.4) is 0 Å². The number of likely N-dealkylation sites (tertiary alicyclic amines) is 1. The Labute approximate surface area is 163 Å². The molecule has 0 bridgehead atoms. The topological polar surface area (TPSA) is 79.0 Å². The number of anilines is 1. The summed E-state index contributed by atoms with van der Waals surface area (Å²) >= 11 is 6.26. The average molecular weight is 394 g/mol. The summed E-state index contributed by atoms with van der Waals surface area (Å²) < 4.78 is 4.92. The summed E-state index contributed by atoms with van der Waals surface area (Å²) in [5, 5.41) is 3.26. The Morgan fingerprint density at radius 2 is 2.11 bits per heavy atom. The lowest BCUT2D eigenvalue weighted by molar-refractivity contribution is -0.117. The Balaban J connectivity index is 1.71. The van der Waals surface area contributed by atoms with Gasteiger partial charge in [-0.15, -0.1) is 0 Å². The Hall–Kier alpha value is -2.28. The van der Waals surface area contributed by atoms with Crippen LogP contribution in [0.4, 0.5) is 10.5 Å². The number of hydrogen-bond donors (Lipinski definition) is 1. The average Bonchev–Trinajstić information content (AvgIpc) is 3.08. The first-order chi connectivity index (χ1) is 13.0. The third kappa shape index (κ3) is 4.53. The molecular weight excluding hydrogens is 370 g/mol. The first kappa shape index (κ1) is 19.5. The Morgan fingerprint density at radius 3 is 2.81 bits per heavy atom.